The van der Waals surface area contributed by atoms with E-state index in [0.717, 1.165) is 18.4 Å². The summed E-state index contributed by atoms with van der Waals surface area (Å²) in [7, 11) is 3.18. The van der Waals surface area contributed by atoms with Gasteiger partial charge in [-0.05, 0) is 37.5 Å². The van der Waals surface area contributed by atoms with Crippen molar-refractivity contribution in [2.45, 2.75) is 32.0 Å². The van der Waals surface area contributed by atoms with Gasteiger partial charge >= 0.3 is 6.03 Å². The highest BCUT2D eigenvalue weighted by atomic mass is 16.5. The molecule has 1 saturated heterocycles. The summed E-state index contributed by atoms with van der Waals surface area (Å²) in [6, 6.07) is 5.20. The fraction of sp³-hybridized carbons (Fsp3) is 0.533. The molecule has 2 N–H and O–H groups in total. The quantitative estimate of drug-likeness (QED) is 0.873. The van der Waals surface area contributed by atoms with Crippen molar-refractivity contribution >= 4 is 6.03 Å². The minimum absolute atomic E-state index is 0.147. The summed E-state index contributed by atoms with van der Waals surface area (Å²) in [5.74, 6) is 1.31. The molecule has 116 valence electrons. The Morgan fingerprint density at radius 1 is 1.33 bits per heavy atom. The molecule has 1 aromatic carbocycles. The summed E-state index contributed by atoms with van der Waals surface area (Å²) in [5.41, 5.74) is 0.940. The maximum Gasteiger partial charge on any atom is 0.317 e. The fourth-order valence-electron chi connectivity index (χ4n) is 2.28. The summed E-state index contributed by atoms with van der Waals surface area (Å²) in [6.07, 6.45) is 1.66. The van der Waals surface area contributed by atoms with Gasteiger partial charge in [0.1, 0.15) is 6.23 Å². The van der Waals surface area contributed by atoms with E-state index in [1.54, 1.807) is 14.2 Å². The lowest BCUT2D eigenvalue weighted by Gasteiger charge is -2.18. The number of hydrogen-bond acceptors (Lipinski definition) is 4. The molecule has 0 aliphatic carbocycles. The number of carbonyl (C=O) groups is 1. The van der Waals surface area contributed by atoms with Crippen molar-refractivity contribution in [3.8, 4) is 11.5 Å². The van der Waals surface area contributed by atoms with Crippen LogP contribution in [0.2, 0.25) is 0 Å². The zero-order valence-electron chi connectivity index (χ0n) is 12.6. The summed E-state index contributed by atoms with van der Waals surface area (Å²) in [6.45, 7) is 2.62. The molecule has 21 heavy (non-hydrogen) atoms. The van der Waals surface area contributed by atoms with Crippen LogP contribution in [0.5, 0.6) is 11.5 Å². The number of rotatable bonds is 5. The van der Waals surface area contributed by atoms with Gasteiger partial charge in [-0.15, -0.1) is 0 Å². The van der Waals surface area contributed by atoms with Gasteiger partial charge in [-0.3, -0.25) is 0 Å². The fourth-order valence-corrected chi connectivity index (χ4v) is 2.28. The Morgan fingerprint density at radius 3 is 2.71 bits per heavy atom. The third-order valence-corrected chi connectivity index (χ3v) is 3.48. The first kappa shape index (κ1) is 15.4. The predicted molar refractivity (Wildman–Crippen MR) is 78.6 cm³/mol. The van der Waals surface area contributed by atoms with E-state index in [1.165, 1.54) is 0 Å². The minimum Gasteiger partial charge on any atom is -0.493 e. The SMILES string of the molecule is COc1ccc(C(C)NC(=O)NC2CCCO2)cc1OC. The maximum atomic E-state index is 11.9. The van der Waals surface area contributed by atoms with E-state index < -0.39 is 0 Å². The van der Waals surface area contributed by atoms with Crippen LogP contribution in [0.15, 0.2) is 18.2 Å². The summed E-state index contributed by atoms with van der Waals surface area (Å²) >= 11 is 0. The van der Waals surface area contributed by atoms with Crippen LogP contribution >= 0.6 is 0 Å². The summed E-state index contributed by atoms with van der Waals surface area (Å²) < 4.78 is 15.8. The van der Waals surface area contributed by atoms with Crippen LogP contribution in [0.25, 0.3) is 0 Å². The standard InChI is InChI=1S/C15H22N2O4/c1-10(16-15(18)17-14-5-4-8-21-14)11-6-7-12(19-2)13(9-11)20-3/h6-7,9-10,14H,4-5,8H2,1-3H3,(H2,16,17,18). The van der Waals surface area contributed by atoms with Gasteiger partial charge in [-0.2, -0.15) is 0 Å². The highest BCUT2D eigenvalue weighted by Gasteiger charge is 2.19. The summed E-state index contributed by atoms with van der Waals surface area (Å²) in [4.78, 5) is 11.9. The van der Waals surface area contributed by atoms with Crippen LogP contribution in [0.4, 0.5) is 4.79 Å². The van der Waals surface area contributed by atoms with Gasteiger partial charge in [0, 0.05) is 6.61 Å². The molecule has 2 amide bonds. The molecule has 1 fully saturated rings. The number of methoxy groups -OCH3 is 2. The maximum absolute atomic E-state index is 11.9. The second-order valence-electron chi connectivity index (χ2n) is 4.96. The number of amides is 2. The molecule has 0 aromatic heterocycles. The minimum atomic E-state index is -0.232. The Kier molecular flexibility index (Phi) is 5.27. The average Bonchev–Trinajstić information content (AvgIpc) is 2.99. The van der Waals surface area contributed by atoms with Crippen LogP contribution in [-0.2, 0) is 4.74 Å². The first-order valence-corrected chi connectivity index (χ1v) is 7.04. The third-order valence-electron chi connectivity index (χ3n) is 3.48. The molecule has 0 radical (unpaired) electrons. The molecule has 1 aromatic rings. The number of benzene rings is 1. The van der Waals surface area contributed by atoms with Gasteiger partial charge < -0.3 is 24.8 Å². The third kappa shape index (κ3) is 4.01. The molecular weight excluding hydrogens is 272 g/mol. The van der Waals surface area contributed by atoms with E-state index >= 15 is 0 Å². The van der Waals surface area contributed by atoms with E-state index in [0.29, 0.717) is 18.1 Å². The number of ether oxygens (including phenoxy) is 3. The van der Waals surface area contributed by atoms with Crippen LogP contribution < -0.4 is 20.1 Å². The monoisotopic (exact) mass is 294 g/mol. The summed E-state index contributed by atoms with van der Waals surface area (Å²) in [5, 5.41) is 5.69. The predicted octanol–water partition coefficient (Wildman–Crippen LogP) is 2.20. The first-order valence-electron chi connectivity index (χ1n) is 7.04. The van der Waals surface area contributed by atoms with Crippen molar-refractivity contribution in [2.24, 2.45) is 0 Å². The van der Waals surface area contributed by atoms with E-state index in [2.05, 4.69) is 10.6 Å². The molecule has 1 heterocycles. The van der Waals surface area contributed by atoms with E-state index in [4.69, 9.17) is 14.2 Å². The Balaban J connectivity index is 1.95. The lowest BCUT2D eigenvalue weighted by atomic mass is 10.1. The first-order chi connectivity index (χ1) is 10.1. The second-order valence-corrected chi connectivity index (χ2v) is 4.96. The van der Waals surface area contributed by atoms with Crippen LogP contribution in [0, 0.1) is 0 Å². The lowest BCUT2D eigenvalue weighted by molar-refractivity contribution is 0.0903. The van der Waals surface area contributed by atoms with Crippen molar-refractivity contribution in [2.75, 3.05) is 20.8 Å². The molecule has 2 rings (SSSR count). The zero-order chi connectivity index (χ0) is 15.2. The molecule has 2 atom stereocenters. The van der Waals surface area contributed by atoms with Crippen LogP contribution in [0.1, 0.15) is 31.4 Å². The number of carbonyl (C=O) groups excluding carboxylic acids is 1. The molecule has 2 unspecified atom stereocenters. The van der Waals surface area contributed by atoms with E-state index in [9.17, 15) is 4.79 Å². The molecule has 0 bridgehead atoms. The largest absolute Gasteiger partial charge is 0.493 e. The van der Waals surface area contributed by atoms with Gasteiger partial charge in [0.2, 0.25) is 0 Å². The molecule has 6 heteroatoms. The van der Waals surface area contributed by atoms with Gasteiger partial charge in [0.15, 0.2) is 11.5 Å². The smallest absolute Gasteiger partial charge is 0.317 e. The molecule has 0 saturated carbocycles. The average molecular weight is 294 g/mol. The van der Waals surface area contributed by atoms with E-state index in [1.807, 2.05) is 25.1 Å². The molecular formula is C15H22N2O4. The van der Waals surface area contributed by atoms with Gasteiger partial charge in [0.25, 0.3) is 0 Å². The highest BCUT2D eigenvalue weighted by molar-refractivity contribution is 5.74. The van der Waals surface area contributed by atoms with Crippen molar-refractivity contribution in [1.29, 1.82) is 0 Å². The Morgan fingerprint density at radius 2 is 2.10 bits per heavy atom. The molecule has 0 spiro atoms. The van der Waals surface area contributed by atoms with Gasteiger partial charge in [-0.1, -0.05) is 6.07 Å². The number of hydrogen-bond donors (Lipinski definition) is 2. The van der Waals surface area contributed by atoms with Gasteiger partial charge in [0.05, 0.1) is 20.3 Å². The normalized spacial score (nSPS) is 18.9. The second kappa shape index (κ2) is 7.17. The van der Waals surface area contributed by atoms with Crippen LogP contribution in [0.3, 0.4) is 0 Å². The Bertz CT molecular complexity index is 487. The Labute approximate surface area is 124 Å². The van der Waals surface area contributed by atoms with Crippen molar-refractivity contribution < 1.29 is 19.0 Å². The number of nitrogens with one attached hydrogen (secondary N) is 2. The Hall–Kier alpha value is -1.95. The molecule has 1 aliphatic rings. The topological polar surface area (TPSA) is 68.8 Å². The zero-order valence-corrected chi connectivity index (χ0v) is 12.6. The van der Waals surface area contributed by atoms with Crippen molar-refractivity contribution in [3.05, 3.63) is 23.8 Å². The van der Waals surface area contributed by atoms with Crippen LogP contribution in [-0.4, -0.2) is 33.1 Å². The lowest BCUT2D eigenvalue weighted by Crippen LogP contribution is -2.42. The molecule has 1 aliphatic heterocycles. The van der Waals surface area contributed by atoms with Crippen molar-refractivity contribution in [3.63, 3.8) is 0 Å². The van der Waals surface area contributed by atoms with Gasteiger partial charge in [-0.25, -0.2) is 4.79 Å². The highest BCUT2D eigenvalue weighted by Crippen LogP contribution is 2.29. The number of urea groups is 1. The molecule has 6 nitrogen and oxygen atoms in total. The van der Waals surface area contributed by atoms with E-state index in [-0.39, 0.29) is 18.3 Å². The van der Waals surface area contributed by atoms with Crippen molar-refractivity contribution in [1.82, 2.24) is 10.6 Å².